The summed E-state index contributed by atoms with van der Waals surface area (Å²) in [4.78, 5) is 0.690. The third-order valence-corrected chi connectivity index (χ3v) is 5.22. The Hall–Kier alpha value is -0.720. The van der Waals surface area contributed by atoms with E-state index >= 15 is 0 Å². The molecule has 0 amide bonds. The predicted octanol–water partition coefficient (Wildman–Crippen LogP) is 3.93. The molecule has 6 heteroatoms. The predicted molar refractivity (Wildman–Crippen MR) is 78.1 cm³/mol. The van der Waals surface area contributed by atoms with Gasteiger partial charge in [0.2, 0.25) is 0 Å². The summed E-state index contributed by atoms with van der Waals surface area (Å²) in [5, 5.41) is 3.34. The molecular formula is C15H19F3N2S. The fourth-order valence-electron chi connectivity index (χ4n) is 2.69. The Morgan fingerprint density at radius 1 is 1.05 bits per heavy atom. The lowest BCUT2D eigenvalue weighted by molar-refractivity contribution is -0.137. The molecule has 0 unspecified atom stereocenters. The van der Waals surface area contributed by atoms with Crippen LogP contribution in [0.1, 0.15) is 31.2 Å². The number of alkyl halides is 3. The Morgan fingerprint density at radius 2 is 1.71 bits per heavy atom. The Labute approximate surface area is 127 Å². The van der Waals surface area contributed by atoms with Gasteiger partial charge in [0.1, 0.15) is 0 Å². The van der Waals surface area contributed by atoms with Gasteiger partial charge in [0, 0.05) is 17.0 Å². The molecule has 1 aromatic carbocycles. The first-order valence-electron chi connectivity index (χ1n) is 7.38. The number of nitrogens with one attached hydrogen (secondary N) is 1. The molecule has 3 rings (SSSR count). The van der Waals surface area contributed by atoms with Crippen LogP contribution in [0.2, 0.25) is 0 Å². The van der Waals surface area contributed by atoms with Gasteiger partial charge in [-0.3, -0.25) is 0 Å². The Balaban J connectivity index is 1.73. The Kier molecular flexibility index (Phi) is 4.47. The standard InChI is InChI=1S/C15H19F3N2S/c16-15(17,18)11-2-1-3-14(10-11)21-20(12-4-5-12)13-6-8-19-9-7-13/h1-3,10,12-13,19H,4-9H2. The number of hydrogen-bond donors (Lipinski definition) is 1. The second-order valence-corrected chi connectivity index (χ2v) is 6.76. The van der Waals surface area contributed by atoms with Gasteiger partial charge in [-0.05, 0) is 68.9 Å². The van der Waals surface area contributed by atoms with E-state index in [0.717, 1.165) is 44.8 Å². The van der Waals surface area contributed by atoms with Gasteiger partial charge in [-0.25, -0.2) is 4.31 Å². The number of halogens is 3. The van der Waals surface area contributed by atoms with Crippen LogP contribution in [0.5, 0.6) is 0 Å². The van der Waals surface area contributed by atoms with Gasteiger partial charge in [-0.15, -0.1) is 0 Å². The van der Waals surface area contributed by atoms with Crippen LogP contribution in [-0.4, -0.2) is 29.5 Å². The molecule has 0 atom stereocenters. The molecule has 0 spiro atoms. The summed E-state index contributed by atoms with van der Waals surface area (Å²) in [7, 11) is 0. The van der Waals surface area contributed by atoms with Crippen LogP contribution in [0.4, 0.5) is 13.2 Å². The zero-order valence-electron chi connectivity index (χ0n) is 11.7. The SMILES string of the molecule is FC(F)(F)c1cccc(SN(C2CCNCC2)C2CC2)c1. The van der Waals surface area contributed by atoms with E-state index in [1.54, 1.807) is 6.07 Å². The molecule has 1 N–H and O–H groups in total. The summed E-state index contributed by atoms with van der Waals surface area (Å²) >= 11 is 1.50. The topological polar surface area (TPSA) is 15.3 Å². The summed E-state index contributed by atoms with van der Waals surface area (Å²) in [6, 6.07) is 6.68. The Morgan fingerprint density at radius 3 is 2.33 bits per heavy atom. The minimum atomic E-state index is -4.27. The number of rotatable bonds is 4. The molecule has 2 aliphatic rings. The first-order valence-corrected chi connectivity index (χ1v) is 8.15. The van der Waals surface area contributed by atoms with Crippen molar-refractivity contribution in [1.29, 1.82) is 0 Å². The van der Waals surface area contributed by atoms with Gasteiger partial charge in [-0.1, -0.05) is 6.07 Å². The fourth-order valence-corrected chi connectivity index (χ4v) is 3.97. The third kappa shape index (κ3) is 3.93. The molecule has 0 radical (unpaired) electrons. The minimum absolute atomic E-state index is 0.471. The van der Waals surface area contributed by atoms with Gasteiger partial charge >= 0.3 is 6.18 Å². The second kappa shape index (κ2) is 6.18. The van der Waals surface area contributed by atoms with Crippen molar-refractivity contribution >= 4 is 11.9 Å². The van der Waals surface area contributed by atoms with Crippen LogP contribution < -0.4 is 5.32 Å². The van der Waals surface area contributed by atoms with E-state index in [1.165, 1.54) is 24.1 Å². The van der Waals surface area contributed by atoms with Crippen LogP contribution >= 0.6 is 11.9 Å². The molecule has 1 saturated carbocycles. The minimum Gasteiger partial charge on any atom is -0.317 e. The van der Waals surface area contributed by atoms with Crippen molar-refractivity contribution < 1.29 is 13.2 Å². The molecule has 2 fully saturated rings. The largest absolute Gasteiger partial charge is 0.416 e. The number of hydrogen-bond acceptors (Lipinski definition) is 3. The molecule has 116 valence electrons. The second-order valence-electron chi connectivity index (χ2n) is 5.69. The third-order valence-electron chi connectivity index (χ3n) is 3.95. The van der Waals surface area contributed by atoms with E-state index in [-0.39, 0.29) is 0 Å². The summed E-state index contributed by atoms with van der Waals surface area (Å²) in [6.45, 7) is 1.99. The lowest BCUT2D eigenvalue weighted by Gasteiger charge is -2.33. The molecule has 0 aromatic heterocycles. The average Bonchev–Trinajstić information content (AvgIpc) is 3.30. The first kappa shape index (κ1) is 15.2. The summed E-state index contributed by atoms with van der Waals surface area (Å²) in [6.07, 6.45) is 0.201. The van der Waals surface area contributed by atoms with Crippen LogP contribution in [-0.2, 0) is 6.18 Å². The van der Waals surface area contributed by atoms with Crippen molar-refractivity contribution in [2.45, 2.75) is 48.8 Å². The van der Waals surface area contributed by atoms with Crippen LogP contribution in [0.15, 0.2) is 29.2 Å². The first-order chi connectivity index (χ1) is 10.0. The maximum Gasteiger partial charge on any atom is 0.416 e. The van der Waals surface area contributed by atoms with Crippen molar-refractivity contribution in [3.8, 4) is 0 Å². The summed E-state index contributed by atoms with van der Waals surface area (Å²) in [5.41, 5.74) is -0.562. The van der Waals surface area contributed by atoms with Crippen molar-refractivity contribution in [2.75, 3.05) is 13.1 Å². The van der Waals surface area contributed by atoms with Crippen molar-refractivity contribution in [1.82, 2.24) is 9.62 Å². The highest BCUT2D eigenvalue weighted by atomic mass is 32.2. The van der Waals surface area contributed by atoms with Gasteiger partial charge in [0.05, 0.1) is 5.56 Å². The molecule has 1 aliphatic heterocycles. The number of nitrogens with zero attached hydrogens (tertiary/aromatic N) is 1. The van der Waals surface area contributed by atoms with Crippen molar-refractivity contribution in [2.24, 2.45) is 0 Å². The molecule has 21 heavy (non-hydrogen) atoms. The van der Waals surface area contributed by atoms with Crippen molar-refractivity contribution in [3.05, 3.63) is 29.8 Å². The maximum atomic E-state index is 12.8. The molecular weight excluding hydrogens is 297 g/mol. The zero-order valence-corrected chi connectivity index (χ0v) is 12.5. The number of benzene rings is 1. The fraction of sp³-hybridized carbons (Fsp3) is 0.600. The highest BCUT2D eigenvalue weighted by Gasteiger charge is 2.36. The van der Waals surface area contributed by atoms with Crippen molar-refractivity contribution in [3.63, 3.8) is 0 Å². The molecule has 2 nitrogen and oxygen atoms in total. The van der Waals surface area contributed by atoms with Gasteiger partial charge in [0.15, 0.2) is 0 Å². The van der Waals surface area contributed by atoms with E-state index in [2.05, 4.69) is 9.62 Å². The number of piperidine rings is 1. The quantitative estimate of drug-likeness (QED) is 0.847. The normalized spacial score (nSPS) is 21.0. The highest BCUT2D eigenvalue weighted by molar-refractivity contribution is 7.97. The molecule has 1 aromatic rings. The van der Waals surface area contributed by atoms with E-state index < -0.39 is 11.7 Å². The lowest BCUT2D eigenvalue weighted by Crippen LogP contribution is -2.40. The monoisotopic (exact) mass is 316 g/mol. The van der Waals surface area contributed by atoms with E-state index in [0.29, 0.717) is 17.0 Å². The molecule has 1 saturated heterocycles. The summed E-state index contributed by atoms with van der Waals surface area (Å²) < 4.78 is 40.7. The van der Waals surface area contributed by atoms with Crippen LogP contribution in [0.25, 0.3) is 0 Å². The average molecular weight is 316 g/mol. The van der Waals surface area contributed by atoms with Gasteiger partial charge in [0.25, 0.3) is 0 Å². The van der Waals surface area contributed by atoms with Gasteiger partial charge < -0.3 is 5.32 Å². The highest BCUT2D eigenvalue weighted by Crippen LogP contribution is 2.40. The van der Waals surface area contributed by atoms with E-state index in [9.17, 15) is 13.2 Å². The molecule has 1 aliphatic carbocycles. The summed E-state index contributed by atoms with van der Waals surface area (Å²) in [5.74, 6) is 0. The van der Waals surface area contributed by atoms with E-state index in [4.69, 9.17) is 0 Å². The van der Waals surface area contributed by atoms with Crippen LogP contribution in [0, 0.1) is 0 Å². The molecule has 0 bridgehead atoms. The lowest BCUT2D eigenvalue weighted by atomic mass is 10.1. The Bertz CT molecular complexity index is 482. The molecule has 1 heterocycles. The van der Waals surface area contributed by atoms with Gasteiger partial charge in [-0.2, -0.15) is 13.2 Å². The smallest absolute Gasteiger partial charge is 0.317 e. The van der Waals surface area contributed by atoms with E-state index in [1.807, 2.05) is 0 Å². The van der Waals surface area contributed by atoms with Crippen LogP contribution in [0.3, 0.4) is 0 Å². The maximum absolute atomic E-state index is 12.8. The zero-order chi connectivity index (χ0) is 14.9.